The van der Waals surface area contributed by atoms with Crippen LogP contribution in [0, 0.1) is 10.1 Å². The fourth-order valence-electron chi connectivity index (χ4n) is 0.981. The number of hydrogen-bond acceptors (Lipinski definition) is 3. The number of benzene rings is 1. The first kappa shape index (κ1) is 10.5. The normalized spacial score (nSPS) is 9.79. The van der Waals surface area contributed by atoms with Crippen LogP contribution in [0.15, 0.2) is 18.2 Å². The Morgan fingerprint density at radius 3 is 2.64 bits per heavy atom. The average Bonchev–Trinajstić information content (AvgIpc) is 2.07. The molecule has 0 aromatic heterocycles. The maximum absolute atomic E-state index is 10.6. The maximum atomic E-state index is 10.6. The van der Waals surface area contributed by atoms with E-state index in [-0.39, 0.29) is 17.1 Å². The van der Waals surface area contributed by atoms with Crippen molar-refractivity contribution >= 4 is 23.2 Å². The summed E-state index contributed by atoms with van der Waals surface area (Å²) in [6, 6.07) is 3.90. The number of primary amides is 1. The molecule has 14 heavy (non-hydrogen) atoms. The Labute approximate surface area is 84.6 Å². The first-order chi connectivity index (χ1) is 6.50. The third-order valence-electron chi connectivity index (χ3n) is 1.61. The minimum absolute atomic E-state index is 0.0170. The number of nitro benzene ring substituents is 1. The van der Waals surface area contributed by atoms with Crippen LogP contribution in [0.2, 0.25) is 5.02 Å². The highest BCUT2D eigenvalue weighted by atomic mass is 35.5. The van der Waals surface area contributed by atoms with E-state index >= 15 is 0 Å². The summed E-state index contributed by atoms with van der Waals surface area (Å²) < 4.78 is 0. The highest BCUT2D eigenvalue weighted by molar-refractivity contribution is 6.31. The Morgan fingerprint density at radius 2 is 2.21 bits per heavy atom. The second-order valence-electron chi connectivity index (χ2n) is 2.68. The molecule has 0 bridgehead atoms. The number of nitrogens with zero attached hydrogens (tertiary/aromatic N) is 1. The highest BCUT2D eigenvalue weighted by Crippen LogP contribution is 2.22. The largest absolute Gasteiger partial charge is 0.369 e. The van der Waals surface area contributed by atoms with Gasteiger partial charge in [0.25, 0.3) is 5.69 Å². The molecule has 0 saturated heterocycles. The van der Waals surface area contributed by atoms with Crippen LogP contribution in [0.25, 0.3) is 0 Å². The minimum atomic E-state index is -0.556. The lowest BCUT2D eigenvalue weighted by Crippen LogP contribution is -2.13. The van der Waals surface area contributed by atoms with Crippen molar-refractivity contribution in [1.82, 2.24) is 0 Å². The first-order valence-corrected chi connectivity index (χ1v) is 4.09. The molecule has 2 N–H and O–H groups in total. The number of hydrogen-bond donors (Lipinski definition) is 1. The molecule has 0 radical (unpaired) electrons. The Hall–Kier alpha value is -1.62. The third-order valence-corrected chi connectivity index (χ3v) is 1.96. The van der Waals surface area contributed by atoms with Gasteiger partial charge in [-0.2, -0.15) is 0 Å². The number of non-ortho nitro benzene ring substituents is 1. The predicted octanol–water partition coefficient (Wildman–Crippen LogP) is 1.28. The molecule has 0 heterocycles. The van der Waals surface area contributed by atoms with Crippen molar-refractivity contribution in [1.29, 1.82) is 0 Å². The van der Waals surface area contributed by atoms with Gasteiger partial charge in [-0.3, -0.25) is 14.9 Å². The van der Waals surface area contributed by atoms with Crippen molar-refractivity contribution in [2.75, 3.05) is 0 Å². The van der Waals surface area contributed by atoms with E-state index in [2.05, 4.69) is 0 Å². The van der Waals surface area contributed by atoms with Gasteiger partial charge in [0, 0.05) is 12.1 Å². The number of rotatable bonds is 3. The fourth-order valence-corrected chi connectivity index (χ4v) is 1.22. The van der Waals surface area contributed by atoms with E-state index in [1.54, 1.807) is 0 Å². The van der Waals surface area contributed by atoms with Gasteiger partial charge in [-0.05, 0) is 5.56 Å². The van der Waals surface area contributed by atoms with Gasteiger partial charge in [-0.1, -0.05) is 17.7 Å². The van der Waals surface area contributed by atoms with Crippen molar-refractivity contribution in [2.45, 2.75) is 6.42 Å². The minimum Gasteiger partial charge on any atom is -0.369 e. The summed E-state index contributed by atoms with van der Waals surface area (Å²) in [5.41, 5.74) is 5.34. The summed E-state index contributed by atoms with van der Waals surface area (Å²) in [6.07, 6.45) is -0.0170. The van der Waals surface area contributed by atoms with E-state index in [1.165, 1.54) is 18.2 Å². The van der Waals surface area contributed by atoms with Gasteiger partial charge in [0.05, 0.1) is 16.4 Å². The SMILES string of the molecule is NC(=O)Cc1ccc([N+](=O)[O-])cc1Cl. The molecular formula is C8H7ClN2O3. The number of carbonyl (C=O) groups excluding carboxylic acids is 1. The van der Waals surface area contributed by atoms with Gasteiger partial charge < -0.3 is 5.73 Å². The molecule has 6 heteroatoms. The zero-order chi connectivity index (χ0) is 10.7. The smallest absolute Gasteiger partial charge is 0.270 e. The Kier molecular flexibility index (Phi) is 3.03. The van der Waals surface area contributed by atoms with Gasteiger partial charge >= 0.3 is 0 Å². The second kappa shape index (κ2) is 4.06. The van der Waals surface area contributed by atoms with Crippen LogP contribution in [0.1, 0.15) is 5.56 Å². The van der Waals surface area contributed by atoms with E-state index < -0.39 is 10.8 Å². The summed E-state index contributed by atoms with van der Waals surface area (Å²) in [6.45, 7) is 0. The number of nitro groups is 1. The van der Waals surface area contributed by atoms with Crippen LogP contribution >= 0.6 is 11.6 Å². The van der Waals surface area contributed by atoms with Crippen LogP contribution in [-0.4, -0.2) is 10.8 Å². The quantitative estimate of drug-likeness (QED) is 0.607. The second-order valence-corrected chi connectivity index (χ2v) is 3.08. The zero-order valence-electron chi connectivity index (χ0n) is 7.07. The van der Waals surface area contributed by atoms with Gasteiger partial charge in [0.1, 0.15) is 0 Å². The van der Waals surface area contributed by atoms with Crippen LogP contribution in [0.3, 0.4) is 0 Å². The molecule has 0 aliphatic heterocycles. The summed E-state index contributed by atoms with van der Waals surface area (Å²) in [7, 11) is 0. The molecule has 1 rings (SSSR count). The highest BCUT2D eigenvalue weighted by Gasteiger charge is 2.10. The van der Waals surface area contributed by atoms with Crippen molar-refractivity contribution in [2.24, 2.45) is 5.73 Å². The number of nitrogens with two attached hydrogens (primary N) is 1. The maximum Gasteiger partial charge on any atom is 0.270 e. The van der Waals surface area contributed by atoms with E-state index in [0.717, 1.165) is 0 Å². The van der Waals surface area contributed by atoms with Crippen LogP contribution in [0.5, 0.6) is 0 Å². The fraction of sp³-hybridized carbons (Fsp3) is 0.125. The topological polar surface area (TPSA) is 86.2 Å². The summed E-state index contributed by atoms with van der Waals surface area (Å²) in [5, 5.41) is 10.5. The monoisotopic (exact) mass is 214 g/mol. The summed E-state index contributed by atoms with van der Waals surface area (Å²) in [5.74, 6) is -0.527. The lowest BCUT2D eigenvalue weighted by molar-refractivity contribution is -0.384. The molecular weight excluding hydrogens is 208 g/mol. The molecule has 0 aliphatic rings. The van der Waals surface area contributed by atoms with Crippen molar-refractivity contribution < 1.29 is 9.72 Å². The van der Waals surface area contributed by atoms with Gasteiger partial charge in [0.15, 0.2) is 0 Å². The molecule has 74 valence electrons. The molecule has 0 spiro atoms. The van der Waals surface area contributed by atoms with Crippen LogP contribution < -0.4 is 5.73 Å². The molecule has 1 aromatic carbocycles. The predicted molar refractivity (Wildman–Crippen MR) is 51.0 cm³/mol. The number of halogens is 1. The first-order valence-electron chi connectivity index (χ1n) is 3.72. The molecule has 0 unspecified atom stereocenters. The van der Waals surface area contributed by atoms with Gasteiger partial charge in [0.2, 0.25) is 5.91 Å². The molecule has 0 saturated carbocycles. The number of amides is 1. The van der Waals surface area contributed by atoms with E-state index in [9.17, 15) is 14.9 Å². The van der Waals surface area contributed by atoms with E-state index in [4.69, 9.17) is 17.3 Å². The van der Waals surface area contributed by atoms with Crippen LogP contribution in [0.4, 0.5) is 5.69 Å². The molecule has 1 aromatic rings. The molecule has 1 amide bonds. The molecule has 0 aliphatic carbocycles. The van der Waals surface area contributed by atoms with E-state index in [0.29, 0.717) is 5.56 Å². The summed E-state index contributed by atoms with van der Waals surface area (Å²) in [4.78, 5) is 20.4. The number of carbonyl (C=O) groups is 1. The zero-order valence-corrected chi connectivity index (χ0v) is 7.82. The van der Waals surface area contributed by atoms with Crippen molar-refractivity contribution in [3.63, 3.8) is 0 Å². The lowest BCUT2D eigenvalue weighted by Gasteiger charge is -2.00. The summed E-state index contributed by atoms with van der Waals surface area (Å²) >= 11 is 5.71. The molecule has 5 nitrogen and oxygen atoms in total. The standard InChI is InChI=1S/C8H7ClN2O3/c9-7-4-6(11(13)14)2-1-5(7)3-8(10)12/h1-2,4H,3H2,(H2,10,12). The Morgan fingerprint density at radius 1 is 1.57 bits per heavy atom. The van der Waals surface area contributed by atoms with Crippen LogP contribution in [-0.2, 0) is 11.2 Å². The third kappa shape index (κ3) is 2.43. The van der Waals surface area contributed by atoms with E-state index in [1.807, 2.05) is 0 Å². The average molecular weight is 215 g/mol. The van der Waals surface area contributed by atoms with Gasteiger partial charge in [-0.25, -0.2) is 0 Å². The van der Waals surface area contributed by atoms with Crippen molar-refractivity contribution in [3.05, 3.63) is 38.9 Å². The Bertz CT molecular complexity index is 392. The van der Waals surface area contributed by atoms with Crippen molar-refractivity contribution in [3.8, 4) is 0 Å². The molecule has 0 fully saturated rings. The van der Waals surface area contributed by atoms with Gasteiger partial charge in [-0.15, -0.1) is 0 Å². The lowest BCUT2D eigenvalue weighted by atomic mass is 10.1. The molecule has 0 atom stereocenters. The Balaban J connectivity index is 3.01.